The molecular formula is C23H16BrNO3. The SMILES string of the molecule is O=C(CNc1c(C(=O)c2ccc(Br)cc2)oc2ccccc12)c1ccccc1. The highest BCUT2D eigenvalue weighted by Gasteiger charge is 2.22. The lowest BCUT2D eigenvalue weighted by molar-refractivity contribution is 0.0997. The molecule has 0 bridgehead atoms. The molecule has 4 aromatic rings. The summed E-state index contributed by atoms with van der Waals surface area (Å²) in [6.45, 7) is 0.0636. The Hall–Kier alpha value is -3.18. The van der Waals surface area contributed by atoms with Gasteiger partial charge in [-0.25, -0.2) is 0 Å². The molecule has 0 saturated carbocycles. The number of fused-ring (bicyclic) bond motifs is 1. The highest BCUT2D eigenvalue weighted by molar-refractivity contribution is 9.10. The van der Waals surface area contributed by atoms with Crippen molar-refractivity contribution in [2.45, 2.75) is 0 Å². The van der Waals surface area contributed by atoms with Gasteiger partial charge in [-0.3, -0.25) is 9.59 Å². The average Bonchev–Trinajstić information content (AvgIpc) is 3.11. The smallest absolute Gasteiger partial charge is 0.230 e. The van der Waals surface area contributed by atoms with E-state index in [2.05, 4.69) is 21.2 Å². The Labute approximate surface area is 170 Å². The van der Waals surface area contributed by atoms with Crippen LogP contribution in [0.2, 0.25) is 0 Å². The number of hydrogen-bond acceptors (Lipinski definition) is 4. The second kappa shape index (κ2) is 7.82. The lowest BCUT2D eigenvalue weighted by Gasteiger charge is -2.07. The molecule has 0 aliphatic heterocycles. The van der Waals surface area contributed by atoms with Gasteiger partial charge >= 0.3 is 0 Å². The number of carbonyl (C=O) groups excluding carboxylic acids is 2. The molecule has 1 heterocycles. The summed E-state index contributed by atoms with van der Waals surface area (Å²) in [6.07, 6.45) is 0. The van der Waals surface area contributed by atoms with Crippen LogP contribution in [0.1, 0.15) is 26.5 Å². The van der Waals surface area contributed by atoms with E-state index in [0.29, 0.717) is 22.4 Å². The number of ketones is 2. The van der Waals surface area contributed by atoms with E-state index in [1.165, 1.54) is 0 Å². The summed E-state index contributed by atoms with van der Waals surface area (Å²) in [4.78, 5) is 25.5. The van der Waals surface area contributed by atoms with Gasteiger partial charge in [0.05, 0.1) is 12.2 Å². The first-order chi connectivity index (χ1) is 13.6. The molecule has 0 unspecified atom stereocenters. The number of Topliss-reactive ketones (excluding diaryl/α,β-unsaturated/α-hetero) is 1. The highest BCUT2D eigenvalue weighted by atomic mass is 79.9. The standard InChI is InChI=1S/C23H16BrNO3/c24-17-12-10-16(11-13-17)22(27)23-21(18-8-4-5-9-20(18)28-23)25-14-19(26)15-6-2-1-3-7-15/h1-13,25H,14H2. The van der Waals surface area contributed by atoms with Crippen molar-refractivity contribution in [1.82, 2.24) is 0 Å². The molecule has 0 aliphatic rings. The predicted molar refractivity (Wildman–Crippen MR) is 113 cm³/mol. The molecule has 0 spiro atoms. The maximum absolute atomic E-state index is 13.0. The first-order valence-corrected chi connectivity index (χ1v) is 9.56. The van der Waals surface area contributed by atoms with Crippen LogP contribution in [0, 0.1) is 0 Å². The first-order valence-electron chi connectivity index (χ1n) is 8.77. The largest absolute Gasteiger partial charge is 0.450 e. The Morgan fingerprint density at radius 2 is 1.50 bits per heavy atom. The van der Waals surface area contributed by atoms with Crippen LogP contribution >= 0.6 is 15.9 Å². The van der Waals surface area contributed by atoms with Crippen LogP contribution in [0.25, 0.3) is 11.0 Å². The van der Waals surface area contributed by atoms with Crippen LogP contribution in [0.3, 0.4) is 0 Å². The minimum atomic E-state index is -0.238. The van der Waals surface area contributed by atoms with Gasteiger partial charge < -0.3 is 9.73 Å². The third-order valence-electron chi connectivity index (χ3n) is 4.43. The number of carbonyl (C=O) groups is 2. The van der Waals surface area contributed by atoms with Crippen molar-refractivity contribution >= 4 is 44.2 Å². The van der Waals surface area contributed by atoms with Crippen molar-refractivity contribution in [2.75, 3.05) is 11.9 Å². The van der Waals surface area contributed by atoms with Gasteiger partial charge in [0, 0.05) is 21.0 Å². The van der Waals surface area contributed by atoms with Crippen LogP contribution in [0.5, 0.6) is 0 Å². The zero-order valence-electron chi connectivity index (χ0n) is 14.8. The summed E-state index contributed by atoms with van der Waals surface area (Å²) < 4.78 is 6.74. The Bertz CT molecular complexity index is 1150. The molecule has 0 aliphatic carbocycles. The van der Waals surface area contributed by atoms with Crippen molar-refractivity contribution in [3.8, 4) is 0 Å². The minimum absolute atomic E-state index is 0.0621. The third-order valence-corrected chi connectivity index (χ3v) is 4.96. The van der Waals surface area contributed by atoms with Gasteiger partial charge in [-0.15, -0.1) is 0 Å². The van der Waals surface area contributed by atoms with Gasteiger partial charge in [0.2, 0.25) is 5.78 Å². The molecule has 0 atom stereocenters. The molecule has 4 rings (SSSR count). The second-order valence-corrected chi connectivity index (χ2v) is 7.20. The minimum Gasteiger partial charge on any atom is -0.450 e. The zero-order valence-corrected chi connectivity index (χ0v) is 16.4. The molecule has 3 aromatic carbocycles. The summed E-state index contributed by atoms with van der Waals surface area (Å²) in [5, 5.41) is 3.89. The summed E-state index contributed by atoms with van der Waals surface area (Å²) in [7, 11) is 0. The number of rotatable bonds is 6. The normalized spacial score (nSPS) is 10.8. The topological polar surface area (TPSA) is 59.3 Å². The van der Waals surface area contributed by atoms with Crippen molar-refractivity contribution in [3.05, 3.63) is 100 Å². The Morgan fingerprint density at radius 3 is 2.25 bits per heavy atom. The number of hydrogen-bond donors (Lipinski definition) is 1. The summed E-state index contributed by atoms with van der Waals surface area (Å²) in [5.41, 5.74) is 2.26. The van der Waals surface area contributed by atoms with Crippen LogP contribution in [0.15, 0.2) is 87.8 Å². The van der Waals surface area contributed by atoms with Crippen molar-refractivity contribution in [3.63, 3.8) is 0 Å². The fourth-order valence-corrected chi connectivity index (χ4v) is 3.27. The van der Waals surface area contributed by atoms with E-state index in [1.807, 2.05) is 48.5 Å². The van der Waals surface area contributed by atoms with E-state index in [4.69, 9.17) is 4.42 Å². The van der Waals surface area contributed by atoms with Crippen LogP contribution in [0.4, 0.5) is 5.69 Å². The molecule has 0 fully saturated rings. The molecule has 0 amide bonds. The molecule has 0 saturated heterocycles. The zero-order chi connectivity index (χ0) is 19.5. The Morgan fingerprint density at radius 1 is 0.821 bits per heavy atom. The van der Waals surface area contributed by atoms with Gasteiger partial charge in [-0.05, 0) is 36.4 Å². The number of furan rings is 1. The second-order valence-electron chi connectivity index (χ2n) is 6.28. The molecule has 138 valence electrons. The molecule has 0 radical (unpaired) electrons. The lowest BCUT2D eigenvalue weighted by Crippen LogP contribution is -2.15. The van der Waals surface area contributed by atoms with E-state index >= 15 is 0 Å². The van der Waals surface area contributed by atoms with Gasteiger partial charge in [-0.2, -0.15) is 0 Å². The quantitative estimate of drug-likeness (QED) is 0.395. The van der Waals surface area contributed by atoms with Crippen molar-refractivity contribution < 1.29 is 14.0 Å². The Balaban J connectivity index is 1.68. The Kier molecular flexibility index (Phi) is 5.08. The van der Waals surface area contributed by atoms with Crippen LogP contribution < -0.4 is 5.32 Å². The molecule has 28 heavy (non-hydrogen) atoms. The van der Waals surface area contributed by atoms with E-state index in [1.54, 1.807) is 30.3 Å². The monoisotopic (exact) mass is 433 g/mol. The van der Waals surface area contributed by atoms with E-state index < -0.39 is 0 Å². The maximum atomic E-state index is 13.0. The van der Waals surface area contributed by atoms with Crippen LogP contribution in [-0.2, 0) is 0 Å². The van der Waals surface area contributed by atoms with Crippen molar-refractivity contribution in [1.29, 1.82) is 0 Å². The average molecular weight is 434 g/mol. The number of para-hydroxylation sites is 1. The van der Waals surface area contributed by atoms with Crippen molar-refractivity contribution in [2.24, 2.45) is 0 Å². The van der Waals surface area contributed by atoms with Gasteiger partial charge in [0.25, 0.3) is 0 Å². The summed E-state index contributed by atoms with van der Waals surface area (Å²) >= 11 is 3.37. The first kappa shape index (κ1) is 18.2. The molecule has 4 nitrogen and oxygen atoms in total. The number of halogens is 1. The van der Waals surface area contributed by atoms with Gasteiger partial charge in [0.1, 0.15) is 5.58 Å². The van der Waals surface area contributed by atoms with Crippen LogP contribution in [-0.4, -0.2) is 18.1 Å². The third kappa shape index (κ3) is 3.62. The number of benzene rings is 3. The summed E-state index contributed by atoms with van der Waals surface area (Å²) in [5.74, 6) is -0.101. The fourth-order valence-electron chi connectivity index (χ4n) is 3.01. The van der Waals surface area contributed by atoms with Gasteiger partial charge in [0.15, 0.2) is 11.5 Å². The van der Waals surface area contributed by atoms with E-state index in [9.17, 15) is 9.59 Å². The summed E-state index contributed by atoms with van der Waals surface area (Å²) in [6, 6.07) is 23.5. The lowest BCUT2D eigenvalue weighted by atomic mass is 10.1. The van der Waals surface area contributed by atoms with Gasteiger partial charge in [-0.1, -0.05) is 58.4 Å². The molecule has 1 aromatic heterocycles. The predicted octanol–water partition coefficient (Wildman–Crippen LogP) is 5.72. The molecule has 1 N–H and O–H groups in total. The molecule has 5 heteroatoms. The molecular weight excluding hydrogens is 418 g/mol. The van der Waals surface area contributed by atoms with E-state index in [0.717, 1.165) is 9.86 Å². The fraction of sp³-hybridized carbons (Fsp3) is 0.0435. The van der Waals surface area contributed by atoms with E-state index in [-0.39, 0.29) is 23.9 Å². The number of anilines is 1. The maximum Gasteiger partial charge on any atom is 0.230 e. The highest BCUT2D eigenvalue weighted by Crippen LogP contribution is 2.32. The number of nitrogens with one attached hydrogen (secondary N) is 1.